The van der Waals surface area contributed by atoms with Gasteiger partial charge in [0.2, 0.25) is 0 Å². The number of aromatic nitrogens is 3. The monoisotopic (exact) mass is 399 g/mol. The van der Waals surface area contributed by atoms with Gasteiger partial charge in [0.1, 0.15) is 0 Å². The quantitative estimate of drug-likeness (QED) is 0.774. The van der Waals surface area contributed by atoms with Gasteiger partial charge < -0.3 is 20.1 Å². The largest absolute Gasteiger partial charge is 0.381 e. The number of hydrogen-bond donors (Lipinski definition) is 2. The van der Waals surface area contributed by atoms with E-state index in [0.29, 0.717) is 13.2 Å². The fraction of sp³-hybridized carbons (Fsp3) is 0.571. The maximum absolute atomic E-state index is 12.3. The van der Waals surface area contributed by atoms with Gasteiger partial charge >= 0.3 is 6.03 Å². The number of amides is 2. The Bertz CT molecular complexity index is 831. The molecular weight excluding hydrogens is 370 g/mol. The van der Waals surface area contributed by atoms with Gasteiger partial charge in [-0.05, 0) is 36.8 Å². The lowest BCUT2D eigenvalue weighted by atomic mass is 9.96. The third-order valence-electron chi connectivity index (χ3n) is 5.63. The van der Waals surface area contributed by atoms with E-state index >= 15 is 0 Å². The van der Waals surface area contributed by atoms with Gasteiger partial charge in [0.05, 0.1) is 24.1 Å². The molecule has 0 radical (unpaired) electrons. The van der Waals surface area contributed by atoms with Crippen LogP contribution in [-0.2, 0) is 42.5 Å². The van der Waals surface area contributed by atoms with Crippen molar-refractivity contribution >= 4 is 6.03 Å². The second kappa shape index (κ2) is 9.37. The summed E-state index contributed by atoms with van der Waals surface area (Å²) in [7, 11) is 1.91. The first-order valence-corrected chi connectivity index (χ1v) is 10.4. The minimum atomic E-state index is -0.147. The minimum Gasteiger partial charge on any atom is -0.381 e. The number of nitrogens with zero attached hydrogens (tertiary/aromatic N) is 3. The van der Waals surface area contributed by atoms with Crippen LogP contribution in [-0.4, -0.2) is 46.4 Å². The van der Waals surface area contributed by atoms with Gasteiger partial charge in [-0.3, -0.25) is 4.68 Å². The van der Waals surface area contributed by atoms with E-state index in [1.165, 1.54) is 5.69 Å². The molecule has 1 aromatic heterocycles. The fourth-order valence-corrected chi connectivity index (χ4v) is 3.96. The molecule has 1 atom stereocenters. The first-order chi connectivity index (χ1) is 14.2. The number of aryl methyl sites for hydroxylation is 1. The number of benzene rings is 1. The SMILES string of the molecule is Cn1nnc2c1CCC(NC(=O)NCc1cccc(COC3CCOCC3)c1)C2. The van der Waals surface area contributed by atoms with Crippen LogP contribution in [0, 0.1) is 0 Å². The summed E-state index contributed by atoms with van der Waals surface area (Å²) in [6, 6.07) is 8.12. The van der Waals surface area contributed by atoms with E-state index in [0.717, 1.165) is 62.1 Å². The van der Waals surface area contributed by atoms with Gasteiger partial charge in [0.15, 0.2) is 0 Å². The van der Waals surface area contributed by atoms with Crippen LogP contribution >= 0.6 is 0 Å². The standard InChI is InChI=1S/C21H29N5O3/c1-26-20-6-5-17(12-19(20)24-25-26)23-21(27)22-13-15-3-2-4-16(11-15)14-29-18-7-9-28-10-8-18/h2-4,11,17-18H,5-10,12-14H2,1H3,(H2,22,23,27). The van der Waals surface area contributed by atoms with Crippen molar-refractivity contribution in [1.82, 2.24) is 25.6 Å². The molecule has 0 saturated carbocycles. The molecule has 29 heavy (non-hydrogen) atoms. The number of carbonyl (C=O) groups is 1. The molecule has 1 saturated heterocycles. The molecule has 2 amide bonds. The summed E-state index contributed by atoms with van der Waals surface area (Å²) in [4.78, 5) is 12.3. The third kappa shape index (κ3) is 5.33. The highest BCUT2D eigenvalue weighted by Gasteiger charge is 2.24. The Morgan fingerprint density at radius 1 is 1.28 bits per heavy atom. The zero-order chi connectivity index (χ0) is 20.1. The molecular formula is C21H29N5O3. The second-order valence-corrected chi connectivity index (χ2v) is 7.82. The topological polar surface area (TPSA) is 90.3 Å². The Morgan fingerprint density at radius 3 is 2.97 bits per heavy atom. The minimum absolute atomic E-state index is 0.0957. The Labute approximate surface area is 171 Å². The number of rotatable bonds is 6. The van der Waals surface area contributed by atoms with E-state index in [1.54, 1.807) is 0 Å². The van der Waals surface area contributed by atoms with Crippen molar-refractivity contribution in [3.63, 3.8) is 0 Å². The van der Waals surface area contributed by atoms with Crippen LogP contribution in [0.15, 0.2) is 24.3 Å². The van der Waals surface area contributed by atoms with Gasteiger partial charge in [0, 0.05) is 39.3 Å². The smallest absolute Gasteiger partial charge is 0.315 e. The maximum Gasteiger partial charge on any atom is 0.315 e. The van der Waals surface area contributed by atoms with Gasteiger partial charge in [-0.25, -0.2) is 4.79 Å². The average Bonchev–Trinajstić information content (AvgIpc) is 3.12. The Hall–Kier alpha value is -2.45. The molecule has 8 heteroatoms. The van der Waals surface area contributed by atoms with E-state index in [9.17, 15) is 4.79 Å². The summed E-state index contributed by atoms with van der Waals surface area (Å²) in [6.45, 7) is 2.64. The number of hydrogen-bond acceptors (Lipinski definition) is 5. The van der Waals surface area contributed by atoms with Gasteiger partial charge in [-0.1, -0.05) is 29.5 Å². The summed E-state index contributed by atoms with van der Waals surface area (Å²) < 4.78 is 13.2. The summed E-state index contributed by atoms with van der Waals surface area (Å²) in [5.74, 6) is 0. The Balaban J connectivity index is 1.22. The molecule has 8 nitrogen and oxygen atoms in total. The number of carbonyl (C=O) groups excluding carboxylic acids is 1. The van der Waals surface area contributed by atoms with Crippen molar-refractivity contribution in [2.24, 2.45) is 7.05 Å². The maximum atomic E-state index is 12.3. The van der Waals surface area contributed by atoms with Gasteiger partial charge in [-0.15, -0.1) is 5.10 Å². The molecule has 1 fully saturated rings. The molecule has 0 spiro atoms. The number of urea groups is 1. The molecule has 1 unspecified atom stereocenters. The molecule has 1 aliphatic heterocycles. The zero-order valence-electron chi connectivity index (χ0n) is 16.9. The lowest BCUT2D eigenvalue weighted by Crippen LogP contribution is -2.44. The van der Waals surface area contributed by atoms with Crippen molar-refractivity contribution < 1.29 is 14.3 Å². The van der Waals surface area contributed by atoms with E-state index in [4.69, 9.17) is 9.47 Å². The highest BCUT2D eigenvalue weighted by atomic mass is 16.5. The van der Waals surface area contributed by atoms with Crippen LogP contribution in [0.1, 0.15) is 41.8 Å². The lowest BCUT2D eigenvalue weighted by molar-refractivity contribution is -0.0390. The molecule has 2 N–H and O–H groups in total. The molecule has 2 heterocycles. The predicted molar refractivity (Wildman–Crippen MR) is 107 cm³/mol. The van der Waals surface area contributed by atoms with E-state index in [2.05, 4.69) is 33.1 Å². The normalized spacial score (nSPS) is 19.6. The van der Waals surface area contributed by atoms with E-state index < -0.39 is 0 Å². The molecule has 0 bridgehead atoms. The second-order valence-electron chi connectivity index (χ2n) is 7.82. The number of ether oxygens (including phenoxy) is 2. The van der Waals surface area contributed by atoms with Gasteiger partial charge in [-0.2, -0.15) is 0 Å². The summed E-state index contributed by atoms with van der Waals surface area (Å²) in [5.41, 5.74) is 4.34. The van der Waals surface area contributed by atoms with Crippen molar-refractivity contribution in [3.05, 3.63) is 46.8 Å². The van der Waals surface area contributed by atoms with Crippen LogP contribution in [0.4, 0.5) is 4.79 Å². The van der Waals surface area contributed by atoms with E-state index in [1.807, 2.05) is 23.9 Å². The number of fused-ring (bicyclic) bond motifs is 1. The molecule has 1 aliphatic carbocycles. The van der Waals surface area contributed by atoms with Crippen LogP contribution < -0.4 is 10.6 Å². The van der Waals surface area contributed by atoms with Crippen molar-refractivity contribution in [2.45, 2.75) is 57.4 Å². The van der Waals surface area contributed by atoms with Crippen molar-refractivity contribution in [1.29, 1.82) is 0 Å². The van der Waals surface area contributed by atoms with Crippen LogP contribution in [0.3, 0.4) is 0 Å². The van der Waals surface area contributed by atoms with Gasteiger partial charge in [0.25, 0.3) is 0 Å². The lowest BCUT2D eigenvalue weighted by Gasteiger charge is -2.23. The van der Waals surface area contributed by atoms with Crippen LogP contribution in [0.2, 0.25) is 0 Å². The molecule has 4 rings (SSSR count). The molecule has 2 aliphatic rings. The summed E-state index contributed by atoms with van der Waals surface area (Å²) >= 11 is 0. The highest BCUT2D eigenvalue weighted by molar-refractivity contribution is 5.74. The first kappa shape index (κ1) is 19.8. The fourth-order valence-electron chi connectivity index (χ4n) is 3.96. The average molecular weight is 399 g/mol. The first-order valence-electron chi connectivity index (χ1n) is 10.4. The van der Waals surface area contributed by atoms with Crippen molar-refractivity contribution in [2.75, 3.05) is 13.2 Å². The molecule has 1 aromatic carbocycles. The molecule has 2 aromatic rings. The predicted octanol–water partition coefficient (Wildman–Crippen LogP) is 1.87. The number of nitrogens with one attached hydrogen (secondary N) is 2. The Kier molecular flexibility index (Phi) is 6.41. The third-order valence-corrected chi connectivity index (χ3v) is 5.63. The van der Waals surface area contributed by atoms with Crippen LogP contribution in [0.25, 0.3) is 0 Å². The van der Waals surface area contributed by atoms with E-state index in [-0.39, 0.29) is 18.2 Å². The highest BCUT2D eigenvalue weighted by Crippen LogP contribution is 2.18. The van der Waals surface area contributed by atoms with Crippen LogP contribution in [0.5, 0.6) is 0 Å². The Morgan fingerprint density at radius 2 is 2.10 bits per heavy atom. The molecule has 156 valence electrons. The summed E-state index contributed by atoms with van der Waals surface area (Å²) in [5, 5.41) is 14.3. The van der Waals surface area contributed by atoms with Crippen molar-refractivity contribution in [3.8, 4) is 0 Å². The summed E-state index contributed by atoms with van der Waals surface area (Å²) in [6.07, 6.45) is 4.72. The zero-order valence-corrected chi connectivity index (χ0v) is 16.9.